The average Bonchev–Trinajstić information content (AvgIpc) is 2.69. The molecule has 0 radical (unpaired) electrons. The Labute approximate surface area is 177 Å². The number of halogens is 2. The van der Waals surface area contributed by atoms with E-state index in [0.29, 0.717) is 31.7 Å². The van der Waals surface area contributed by atoms with Crippen LogP contribution in [0.15, 0.2) is 48.7 Å². The molecule has 0 spiro atoms. The Balaban J connectivity index is 0.00000196. The van der Waals surface area contributed by atoms with Gasteiger partial charge in [-0.3, -0.25) is 9.59 Å². The summed E-state index contributed by atoms with van der Waals surface area (Å²) in [5.74, 6) is 0.316. The minimum Gasteiger partial charge on any atom is -0.341 e. The summed E-state index contributed by atoms with van der Waals surface area (Å²) >= 11 is 0. The first-order chi connectivity index (χ1) is 12.5. The van der Waals surface area contributed by atoms with Gasteiger partial charge >= 0.3 is 0 Å². The smallest absolute Gasteiger partial charge is 0.244 e. The maximum atomic E-state index is 12.6. The predicted molar refractivity (Wildman–Crippen MR) is 115 cm³/mol. The van der Waals surface area contributed by atoms with E-state index in [0.717, 1.165) is 11.1 Å². The third-order valence-corrected chi connectivity index (χ3v) is 4.76. The van der Waals surface area contributed by atoms with E-state index in [9.17, 15) is 9.59 Å². The molecule has 1 aromatic carbocycles. The number of hydrogen-bond acceptors (Lipinski definition) is 4. The highest BCUT2D eigenvalue weighted by Crippen LogP contribution is 2.22. The van der Waals surface area contributed by atoms with Gasteiger partial charge in [-0.15, -0.1) is 24.8 Å². The summed E-state index contributed by atoms with van der Waals surface area (Å²) in [5, 5.41) is 2.85. The van der Waals surface area contributed by atoms with Crippen molar-refractivity contribution in [2.75, 3.05) is 18.4 Å². The third-order valence-electron chi connectivity index (χ3n) is 4.76. The van der Waals surface area contributed by atoms with Crippen molar-refractivity contribution in [1.82, 2.24) is 9.88 Å². The minimum atomic E-state index is -0.654. The summed E-state index contributed by atoms with van der Waals surface area (Å²) in [4.78, 5) is 30.9. The second-order valence-corrected chi connectivity index (χ2v) is 6.70. The van der Waals surface area contributed by atoms with Crippen molar-refractivity contribution < 1.29 is 9.59 Å². The van der Waals surface area contributed by atoms with Crippen LogP contribution in [0.3, 0.4) is 0 Å². The first-order valence-electron chi connectivity index (χ1n) is 8.87. The molecule has 1 aliphatic rings. The number of aryl methyl sites for hydroxylation is 1. The van der Waals surface area contributed by atoms with Crippen LogP contribution in [0.25, 0.3) is 0 Å². The monoisotopic (exact) mass is 424 g/mol. The summed E-state index contributed by atoms with van der Waals surface area (Å²) in [6.07, 6.45) is 2.98. The van der Waals surface area contributed by atoms with Gasteiger partial charge in [0.15, 0.2) is 0 Å². The van der Waals surface area contributed by atoms with Crippen LogP contribution in [0, 0.1) is 12.8 Å². The summed E-state index contributed by atoms with van der Waals surface area (Å²) in [5.41, 5.74) is 7.95. The number of nitrogens with one attached hydrogen (secondary N) is 1. The SMILES string of the molecule is Cc1ccc(NC(=O)C2CCN(C(=O)C(N)c3ccccc3)CC2)nc1.Cl.Cl. The van der Waals surface area contributed by atoms with Crippen molar-refractivity contribution in [2.45, 2.75) is 25.8 Å². The zero-order chi connectivity index (χ0) is 18.5. The molecule has 8 heteroatoms. The Morgan fingerprint density at radius 3 is 2.32 bits per heavy atom. The van der Waals surface area contributed by atoms with Crippen molar-refractivity contribution in [3.63, 3.8) is 0 Å². The average molecular weight is 425 g/mol. The van der Waals surface area contributed by atoms with Gasteiger partial charge in [0, 0.05) is 25.2 Å². The van der Waals surface area contributed by atoms with Crippen molar-refractivity contribution in [3.05, 3.63) is 59.8 Å². The number of piperidine rings is 1. The zero-order valence-corrected chi connectivity index (χ0v) is 17.3. The van der Waals surface area contributed by atoms with E-state index in [2.05, 4.69) is 10.3 Å². The first kappa shape index (κ1) is 23.9. The summed E-state index contributed by atoms with van der Waals surface area (Å²) in [7, 11) is 0. The molecule has 28 heavy (non-hydrogen) atoms. The number of likely N-dealkylation sites (tertiary alicyclic amines) is 1. The summed E-state index contributed by atoms with van der Waals surface area (Å²) < 4.78 is 0. The molecule has 3 N–H and O–H groups in total. The quantitative estimate of drug-likeness (QED) is 0.788. The molecular formula is C20H26Cl2N4O2. The number of rotatable bonds is 4. The Kier molecular flexibility index (Phi) is 9.38. The van der Waals surface area contributed by atoms with Crippen molar-refractivity contribution >= 4 is 42.4 Å². The van der Waals surface area contributed by atoms with Crippen LogP contribution in [0.2, 0.25) is 0 Å². The number of aromatic nitrogens is 1. The second kappa shape index (κ2) is 11.0. The molecule has 0 saturated carbocycles. The number of nitrogens with zero attached hydrogens (tertiary/aromatic N) is 2. The molecule has 1 aliphatic heterocycles. The van der Waals surface area contributed by atoms with E-state index < -0.39 is 6.04 Å². The molecule has 1 saturated heterocycles. The standard InChI is InChI=1S/C20H24N4O2.2ClH/c1-14-7-8-17(22-13-14)23-19(25)16-9-11-24(12-10-16)20(26)18(21)15-5-3-2-4-6-15;;/h2-8,13,16,18H,9-12,21H2,1H3,(H,22,23,25);2*1H. The van der Waals surface area contributed by atoms with Crippen LogP contribution in [0.4, 0.5) is 5.82 Å². The number of amides is 2. The van der Waals surface area contributed by atoms with Gasteiger partial charge < -0.3 is 16.0 Å². The Morgan fingerprint density at radius 1 is 1.11 bits per heavy atom. The highest BCUT2D eigenvalue weighted by atomic mass is 35.5. The van der Waals surface area contributed by atoms with Gasteiger partial charge in [0.25, 0.3) is 0 Å². The first-order valence-corrected chi connectivity index (χ1v) is 8.87. The fourth-order valence-electron chi connectivity index (χ4n) is 3.13. The van der Waals surface area contributed by atoms with E-state index in [1.54, 1.807) is 17.2 Å². The van der Waals surface area contributed by atoms with Crippen LogP contribution < -0.4 is 11.1 Å². The molecule has 0 bridgehead atoms. The molecule has 1 unspecified atom stereocenters. The Morgan fingerprint density at radius 2 is 1.75 bits per heavy atom. The molecule has 0 aliphatic carbocycles. The van der Waals surface area contributed by atoms with Gasteiger partial charge in [-0.25, -0.2) is 4.98 Å². The zero-order valence-electron chi connectivity index (χ0n) is 15.7. The van der Waals surface area contributed by atoms with Gasteiger partial charge in [-0.05, 0) is 37.0 Å². The maximum absolute atomic E-state index is 12.6. The lowest BCUT2D eigenvalue weighted by molar-refractivity contribution is -0.135. The normalized spacial score (nSPS) is 15.0. The fourth-order valence-corrected chi connectivity index (χ4v) is 3.13. The van der Waals surface area contributed by atoms with Crippen molar-refractivity contribution in [3.8, 4) is 0 Å². The molecule has 152 valence electrons. The van der Waals surface area contributed by atoms with E-state index >= 15 is 0 Å². The van der Waals surface area contributed by atoms with Crippen LogP contribution in [-0.4, -0.2) is 34.8 Å². The molecule has 2 heterocycles. The number of benzene rings is 1. The Bertz CT molecular complexity index is 764. The molecule has 2 amide bonds. The third kappa shape index (κ3) is 5.92. The van der Waals surface area contributed by atoms with Crippen molar-refractivity contribution in [2.24, 2.45) is 11.7 Å². The van der Waals surface area contributed by atoms with Crippen LogP contribution in [-0.2, 0) is 9.59 Å². The number of carbonyl (C=O) groups is 2. The van der Waals surface area contributed by atoms with Crippen LogP contribution >= 0.6 is 24.8 Å². The lowest BCUT2D eigenvalue weighted by atomic mass is 9.95. The van der Waals surface area contributed by atoms with E-state index in [4.69, 9.17) is 5.73 Å². The minimum absolute atomic E-state index is 0. The van der Waals surface area contributed by atoms with Gasteiger partial charge in [0.1, 0.15) is 11.9 Å². The number of anilines is 1. The molecule has 1 fully saturated rings. The molecule has 3 rings (SSSR count). The lowest BCUT2D eigenvalue weighted by Gasteiger charge is -2.33. The van der Waals surface area contributed by atoms with Crippen LogP contribution in [0.1, 0.15) is 30.0 Å². The van der Waals surface area contributed by atoms with E-state index in [-0.39, 0.29) is 42.5 Å². The second-order valence-electron chi connectivity index (χ2n) is 6.70. The van der Waals surface area contributed by atoms with Gasteiger partial charge in [0.2, 0.25) is 11.8 Å². The topological polar surface area (TPSA) is 88.3 Å². The molecule has 1 atom stereocenters. The fraction of sp³-hybridized carbons (Fsp3) is 0.350. The highest BCUT2D eigenvalue weighted by Gasteiger charge is 2.30. The largest absolute Gasteiger partial charge is 0.341 e. The van der Waals surface area contributed by atoms with Crippen LogP contribution in [0.5, 0.6) is 0 Å². The summed E-state index contributed by atoms with van der Waals surface area (Å²) in [6.45, 7) is 3.03. The summed E-state index contributed by atoms with van der Waals surface area (Å²) in [6, 6.07) is 12.4. The molecule has 2 aromatic rings. The van der Waals surface area contributed by atoms with E-state index in [1.165, 1.54) is 0 Å². The molecule has 1 aromatic heterocycles. The maximum Gasteiger partial charge on any atom is 0.244 e. The molecular weight excluding hydrogens is 399 g/mol. The van der Waals surface area contributed by atoms with Crippen molar-refractivity contribution in [1.29, 1.82) is 0 Å². The molecule has 6 nitrogen and oxygen atoms in total. The van der Waals surface area contributed by atoms with E-state index in [1.807, 2.05) is 43.3 Å². The number of hydrogen-bond donors (Lipinski definition) is 2. The van der Waals surface area contributed by atoms with Gasteiger partial charge in [0.05, 0.1) is 0 Å². The number of nitrogens with two attached hydrogens (primary N) is 1. The predicted octanol–water partition coefficient (Wildman–Crippen LogP) is 3.11. The Hall–Kier alpha value is -2.15. The highest BCUT2D eigenvalue weighted by molar-refractivity contribution is 5.92. The van der Waals surface area contributed by atoms with Gasteiger partial charge in [-0.2, -0.15) is 0 Å². The number of carbonyl (C=O) groups excluding carboxylic acids is 2. The number of pyridine rings is 1. The lowest BCUT2D eigenvalue weighted by Crippen LogP contribution is -2.45. The van der Waals surface area contributed by atoms with Gasteiger partial charge in [-0.1, -0.05) is 36.4 Å².